The molecule has 0 aliphatic heterocycles. The van der Waals surface area contributed by atoms with Crippen molar-refractivity contribution in [1.29, 1.82) is 0 Å². The van der Waals surface area contributed by atoms with Gasteiger partial charge in [0.1, 0.15) is 0 Å². The van der Waals surface area contributed by atoms with E-state index < -0.39 is 0 Å². The van der Waals surface area contributed by atoms with Crippen molar-refractivity contribution >= 4 is 0 Å². The van der Waals surface area contributed by atoms with Crippen molar-refractivity contribution in [3.63, 3.8) is 0 Å². The Kier molecular flexibility index (Phi) is 4.37. The number of hydrogen-bond donors (Lipinski definition) is 0. The van der Waals surface area contributed by atoms with Gasteiger partial charge in [0.2, 0.25) is 0 Å². The van der Waals surface area contributed by atoms with E-state index in [9.17, 15) is 0 Å². The molecule has 0 bridgehead atoms. The number of aryl methyl sites for hydroxylation is 2. The molecule has 0 amide bonds. The summed E-state index contributed by atoms with van der Waals surface area (Å²) in [4.78, 5) is 4.52. The quantitative estimate of drug-likeness (QED) is 0.406. The Morgan fingerprint density at radius 2 is 1.12 bits per heavy atom. The van der Waals surface area contributed by atoms with Crippen molar-refractivity contribution in [2.24, 2.45) is 0 Å². The van der Waals surface area contributed by atoms with Gasteiger partial charge >= 0.3 is 0 Å². The summed E-state index contributed by atoms with van der Waals surface area (Å²) in [5, 5.41) is 0. The summed E-state index contributed by atoms with van der Waals surface area (Å²) in [6, 6.07) is 30.0. The van der Waals surface area contributed by atoms with Crippen LogP contribution < -0.4 is 0 Å². The van der Waals surface area contributed by atoms with Crippen LogP contribution in [0.15, 0.2) is 91.1 Å². The highest BCUT2D eigenvalue weighted by molar-refractivity contribution is 5.88. The maximum absolute atomic E-state index is 4.52. The van der Waals surface area contributed by atoms with Crippen LogP contribution in [0, 0.1) is 13.8 Å². The minimum Gasteiger partial charge on any atom is -0.261 e. The van der Waals surface area contributed by atoms with Crippen molar-refractivity contribution in [3.05, 3.63) is 102 Å². The molecule has 1 aromatic heterocycles. The van der Waals surface area contributed by atoms with Gasteiger partial charge in [-0.1, -0.05) is 72.8 Å². The zero-order valence-corrected chi connectivity index (χ0v) is 15.1. The summed E-state index contributed by atoms with van der Waals surface area (Å²) in [6.07, 6.45) is 1.97. The van der Waals surface area contributed by atoms with E-state index in [0.717, 1.165) is 11.3 Å². The van der Waals surface area contributed by atoms with Crippen molar-refractivity contribution in [3.8, 4) is 33.4 Å². The van der Waals surface area contributed by atoms with Gasteiger partial charge in [-0.3, -0.25) is 4.98 Å². The number of rotatable bonds is 3. The molecule has 1 heteroatoms. The summed E-state index contributed by atoms with van der Waals surface area (Å²) in [5.74, 6) is 0. The summed E-state index contributed by atoms with van der Waals surface area (Å²) in [7, 11) is 0. The Morgan fingerprint density at radius 3 is 1.69 bits per heavy atom. The van der Waals surface area contributed by atoms with E-state index in [1.54, 1.807) is 0 Å². The fourth-order valence-corrected chi connectivity index (χ4v) is 3.36. The molecule has 4 rings (SSSR count). The van der Waals surface area contributed by atoms with Crippen LogP contribution in [-0.4, -0.2) is 4.98 Å². The van der Waals surface area contributed by atoms with Crippen LogP contribution in [0.25, 0.3) is 33.4 Å². The van der Waals surface area contributed by atoms with Crippen molar-refractivity contribution < 1.29 is 0 Å². The molecule has 4 aromatic rings. The Balaban J connectivity index is 1.97. The standard InChI is InChI=1S/C25H21N/c1-18-15-24(21-11-7-4-8-12-21)25(22-14-13-19(2)26-17-22)16-23(18)20-9-5-3-6-10-20/h3-17H,1-2H3. The highest BCUT2D eigenvalue weighted by Crippen LogP contribution is 2.37. The minimum atomic E-state index is 1.03. The smallest absolute Gasteiger partial charge is 0.0373 e. The number of nitrogens with zero attached hydrogens (tertiary/aromatic N) is 1. The van der Waals surface area contributed by atoms with E-state index in [0.29, 0.717) is 0 Å². The van der Waals surface area contributed by atoms with Gasteiger partial charge < -0.3 is 0 Å². The monoisotopic (exact) mass is 335 g/mol. The normalized spacial score (nSPS) is 10.7. The maximum atomic E-state index is 4.52. The highest BCUT2D eigenvalue weighted by atomic mass is 14.7. The molecule has 0 radical (unpaired) electrons. The van der Waals surface area contributed by atoms with Gasteiger partial charge in [0.25, 0.3) is 0 Å². The lowest BCUT2D eigenvalue weighted by atomic mass is 9.89. The van der Waals surface area contributed by atoms with Crippen molar-refractivity contribution in [2.75, 3.05) is 0 Å². The summed E-state index contributed by atoms with van der Waals surface area (Å²) in [6.45, 7) is 4.21. The predicted molar refractivity (Wildman–Crippen MR) is 110 cm³/mol. The fourth-order valence-electron chi connectivity index (χ4n) is 3.36. The van der Waals surface area contributed by atoms with Crippen LogP contribution >= 0.6 is 0 Å². The van der Waals surface area contributed by atoms with Gasteiger partial charge in [0.05, 0.1) is 0 Å². The van der Waals surface area contributed by atoms with Gasteiger partial charge in [0, 0.05) is 17.5 Å². The third kappa shape index (κ3) is 3.16. The Bertz CT molecular complexity index is 1020. The van der Waals surface area contributed by atoms with E-state index in [-0.39, 0.29) is 0 Å². The lowest BCUT2D eigenvalue weighted by molar-refractivity contribution is 1.20. The molecule has 0 atom stereocenters. The van der Waals surface area contributed by atoms with Crippen LogP contribution in [0.2, 0.25) is 0 Å². The van der Waals surface area contributed by atoms with Gasteiger partial charge in [0.15, 0.2) is 0 Å². The lowest BCUT2D eigenvalue weighted by Gasteiger charge is -2.16. The second-order valence-electron chi connectivity index (χ2n) is 6.63. The largest absolute Gasteiger partial charge is 0.261 e. The first-order valence-corrected chi connectivity index (χ1v) is 8.91. The molecular weight excluding hydrogens is 314 g/mol. The number of aromatic nitrogens is 1. The first-order chi connectivity index (χ1) is 12.7. The molecule has 0 saturated carbocycles. The number of benzene rings is 3. The molecule has 1 heterocycles. The molecule has 3 aromatic carbocycles. The second kappa shape index (κ2) is 6.97. The Labute approximate surface area is 155 Å². The zero-order valence-electron chi connectivity index (χ0n) is 15.1. The molecule has 26 heavy (non-hydrogen) atoms. The second-order valence-corrected chi connectivity index (χ2v) is 6.63. The molecule has 0 N–H and O–H groups in total. The molecule has 0 fully saturated rings. The van der Waals surface area contributed by atoms with Gasteiger partial charge in [-0.05, 0) is 59.4 Å². The van der Waals surface area contributed by atoms with E-state index >= 15 is 0 Å². The molecular formula is C25H21N. The predicted octanol–water partition coefficient (Wildman–Crippen LogP) is 6.70. The molecule has 0 unspecified atom stereocenters. The average molecular weight is 335 g/mol. The molecule has 0 aliphatic rings. The Morgan fingerprint density at radius 1 is 0.538 bits per heavy atom. The maximum Gasteiger partial charge on any atom is 0.0373 e. The van der Waals surface area contributed by atoms with Crippen molar-refractivity contribution in [2.45, 2.75) is 13.8 Å². The SMILES string of the molecule is Cc1ccc(-c2cc(-c3ccccc3)c(C)cc2-c2ccccc2)cn1. The molecule has 1 nitrogen and oxygen atoms in total. The van der Waals surface area contributed by atoms with Gasteiger partial charge in [-0.25, -0.2) is 0 Å². The summed E-state index contributed by atoms with van der Waals surface area (Å²) >= 11 is 0. The topological polar surface area (TPSA) is 12.9 Å². The zero-order chi connectivity index (χ0) is 17.9. The van der Waals surface area contributed by atoms with E-state index in [4.69, 9.17) is 0 Å². The van der Waals surface area contributed by atoms with Crippen LogP contribution in [0.1, 0.15) is 11.3 Å². The first kappa shape index (κ1) is 16.3. The molecule has 0 aliphatic carbocycles. The van der Waals surface area contributed by atoms with Crippen molar-refractivity contribution in [1.82, 2.24) is 4.98 Å². The molecule has 0 saturated heterocycles. The molecule has 0 spiro atoms. The first-order valence-electron chi connectivity index (χ1n) is 8.91. The van der Waals surface area contributed by atoms with E-state index in [1.165, 1.54) is 33.4 Å². The lowest BCUT2D eigenvalue weighted by Crippen LogP contribution is -1.92. The van der Waals surface area contributed by atoms with E-state index in [1.807, 2.05) is 13.1 Å². The highest BCUT2D eigenvalue weighted by Gasteiger charge is 2.12. The fraction of sp³-hybridized carbons (Fsp3) is 0.0800. The van der Waals surface area contributed by atoms with Gasteiger partial charge in [-0.15, -0.1) is 0 Å². The summed E-state index contributed by atoms with van der Waals surface area (Å²) < 4.78 is 0. The Hall–Kier alpha value is -3.19. The van der Waals surface area contributed by atoms with Crippen LogP contribution in [-0.2, 0) is 0 Å². The molecule has 126 valence electrons. The van der Waals surface area contributed by atoms with E-state index in [2.05, 4.69) is 96.8 Å². The number of hydrogen-bond acceptors (Lipinski definition) is 1. The summed E-state index contributed by atoms with van der Waals surface area (Å²) in [5.41, 5.74) is 9.65. The minimum absolute atomic E-state index is 1.03. The van der Waals surface area contributed by atoms with Crippen LogP contribution in [0.3, 0.4) is 0 Å². The third-order valence-corrected chi connectivity index (χ3v) is 4.76. The third-order valence-electron chi connectivity index (χ3n) is 4.76. The number of pyridine rings is 1. The average Bonchev–Trinajstić information content (AvgIpc) is 2.70. The van der Waals surface area contributed by atoms with Crippen LogP contribution in [0.4, 0.5) is 0 Å². The van der Waals surface area contributed by atoms with Crippen LogP contribution in [0.5, 0.6) is 0 Å². The van der Waals surface area contributed by atoms with Gasteiger partial charge in [-0.2, -0.15) is 0 Å².